The van der Waals surface area contributed by atoms with E-state index in [1.54, 1.807) is 0 Å². The first-order chi connectivity index (χ1) is 16.1. The van der Waals surface area contributed by atoms with Crippen LogP contribution in [0.1, 0.15) is 5.69 Å². The minimum absolute atomic E-state index is 0.00298. The van der Waals surface area contributed by atoms with E-state index < -0.39 is 15.7 Å². The molecule has 1 aromatic carbocycles. The molecule has 0 saturated heterocycles. The molecule has 2 aromatic rings. The SMILES string of the molecule is CS(=O)(=O)c1c2cccc1-2.N=C(N)NCCSc1nonc1C(=NO)Nc1ccc(F)c(Br)c1. The van der Waals surface area contributed by atoms with Crippen molar-refractivity contribution in [1.82, 2.24) is 15.6 Å². The number of rotatable bonds is 7. The first kappa shape index (κ1) is 25.5. The number of nitrogens with zero attached hydrogens (tertiary/aromatic N) is 3. The number of sulfone groups is 1. The van der Waals surface area contributed by atoms with Crippen molar-refractivity contribution in [3.63, 3.8) is 0 Å². The standard InChI is InChI=1S/C12H13BrFN7O2S.C7H6O2S/c13-7-5-6(1-2-8(7)14)18-10(19-22)9-11(21-23-20-9)24-4-3-17-12(15)16;1-10(8,9)7-5-3-2-4-6(5)7/h1-2,5,22H,3-4H2,(H,18,19)(H4,15,16,17);2-4H,1H3. The van der Waals surface area contributed by atoms with Crippen LogP contribution < -0.4 is 16.4 Å². The molecular weight excluding hydrogens is 553 g/mol. The maximum absolute atomic E-state index is 13.3. The number of hydrogen-bond donors (Lipinski definition) is 5. The van der Waals surface area contributed by atoms with Crippen LogP contribution in [-0.4, -0.2) is 54.3 Å². The van der Waals surface area contributed by atoms with Gasteiger partial charge in [0.1, 0.15) is 5.82 Å². The molecule has 0 unspecified atom stereocenters. The van der Waals surface area contributed by atoms with Gasteiger partial charge in [0.25, 0.3) is 0 Å². The maximum Gasteiger partial charge on any atom is 0.202 e. The van der Waals surface area contributed by atoms with E-state index >= 15 is 0 Å². The van der Waals surface area contributed by atoms with Gasteiger partial charge in [-0.15, -0.1) is 0 Å². The van der Waals surface area contributed by atoms with Gasteiger partial charge >= 0.3 is 0 Å². The summed E-state index contributed by atoms with van der Waals surface area (Å²) in [5.41, 5.74) is 7.67. The van der Waals surface area contributed by atoms with Crippen LogP contribution in [0.5, 0.6) is 0 Å². The number of hydrogen-bond acceptors (Lipinski definition) is 9. The van der Waals surface area contributed by atoms with Crippen molar-refractivity contribution in [2.75, 3.05) is 23.9 Å². The van der Waals surface area contributed by atoms with E-state index in [0.717, 1.165) is 11.1 Å². The lowest BCUT2D eigenvalue weighted by atomic mass is 10.3. The summed E-state index contributed by atoms with van der Waals surface area (Å²) in [6.45, 7) is 0.441. The first-order valence-corrected chi connectivity index (χ1v) is 13.1. The second kappa shape index (κ2) is 10.8. The lowest BCUT2D eigenvalue weighted by Gasteiger charge is -2.07. The number of nitrogens with one attached hydrogen (secondary N) is 3. The van der Waals surface area contributed by atoms with Crippen molar-refractivity contribution in [3.8, 4) is 11.1 Å². The van der Waals surface area contributed by atoms with Crippen molar-refractivity contribution < 1.29 is 22.6 Å². The minimum atomic E-state index is -2.93. The van der Waals surface area contributed by atoms with E-state index in [4.69, 9.17) is 11.1 Å². The quantitative estimate of drug-likeness (QED) is 0.0552. The predicted octanol–water partition coefficient (Wildman–Crippen LogP) is 2.86. The van der Waals surface area contributed by atoms with Crippen molar-refractivity contribution in [1.29, 1.82) is 5.41 Å². The Hall–Kier alpha value is -3.17. The van der Waals surface area contributed by atoms with Crippen LogP contribution in [0, 0.1) is 11.2 Å². The second-order valence-corrected chi connectivity index (χ2v) is 10.7. The van der Waals surface area contributed by atoms with Crippen LogP contribution in [0.15, 0.2) is 60.6 Å². The monoisotopic (exact) mass is 571 g/mol. The smallest absolute Gasteiger partial charge is 0.202 e. The van der Waals surface area contributed by atoms with E-state index in [2.05, 4.69) is 46.7 Å². The summed E-state index contributed by atoms with van der Waals surface area (Å²) in [6.07, 6.45) is 1.24. The van der Waals surface area contributed by atoms with Crippen LogP contribution in [-0.2, 0) is 9.84 Å². The average molecular weight is 572 g/mol. The average Bonchev–Trinajstić information content (AvgIpc) is 3.10. The summed E-state index contributed by atoms with van der Waals surface area (Å²) >= 11 is 4.34. The molecule has 34 heavy (non-hydrogen) atoms. The van der Waals surface area contributed by atoms with Gasteiger partial charge in [-0.05, 0) is 44.4 Å². The molecule has 15 heteroatoms. The largest absolute Gasteiger partial charge is 0.409 e. The molecule has 2 aliphatic rings. The highest BCUT2D eigenvalue weighted by molar-refractivity contribution is 9.10. The van der Waals surface area contributed by atoms with Gasteiger partial charge in [-0.2, -0.15) is 0 Å². The van der Waals surface area contributed by atoms with E-state index in [9.17, 15) is 18.0 Å². The highest BCUT2D eigenvalue weighted by Crippen LogP contribution is 2.46. The van der Waals surface area contributed by atoms with Gasteiger partial charge in [0.05, 0.1) is 9.37 Å². The van der Waals surface area contributed by atoms with Crippen LogP contribution >= 0.6 is 27.7 Å². The zero-order chi connectivity index (χ0) is 24.9. The summed E-state index contributed by atoms with van der Waals surface area (Å²) in [5, 5.41) is 32.7. The molecule has 0 amide bonds. The Morgan fingerprint density at radius 3 is 2.59 bits per heavy atom. The van der Waals surface area contributed by atoms with Gasteiger partial charge in [0.2, 0.25) is 5.84 Å². The minimum Gasteiger partial charge on any atom is -0.409 e. The Morgan fingerprint density at radius 1 is 1.32 bits per heavy atom. The fourth-order valence-corrected chi connectivity index (χ4v) is 5.00. The number of nitrogens with two attached hydrogens (primary N) is 1. The Morgan fingerprint density at radius 2 is 2.03 bits per heavy atom. The van der Waals surface area contributed by atoms with Crippen molar-refractivity contribution in [2.45, 2.75) is 9.92 Å². The van der Waals surface area contributed by atoms with Gasteiger partial charge in [-0.3, -0.25) is 5.41 Å². The van der Waals surface area contributed by atoms with Gasteiger partial charge in [0.15, 0.2) is 26.5 Å². The molecule has 0 radical (unpaired) electrons. The Kier molecular flexibility index (Phi) is 8.11. The Balaban J connectivity index is 0.000000266. The molecule has 0 bridgehead atoms. The number of fused-ring (bicyclic) bond motifs is 1. The number of halogens is 2. The lowest BCUT2D eigenvalue weighted by molar-refractivity contribution is 0.297. The molecule has 1 aromatic heterocycles. The van der Waals surface area contributed by atoms with Gasteiger partial charge in [0, 0.05) is 35.4 Å². The summed E-state index contributed by atoms with van der Waals surface area (Å²) < 4.78 is 39.9. The predicted molar refractivity (Wildman–Crippen MR) is 130 cm³/mol. The molecule has 0 aliphatic heterocycles. The summed E-state index contributed by atoms with van der Waals surface area (Å²) in [4.78, 5) is 0.537. The van der Waals surface area contributed by atoms with E-state index in [1.165, 1.54) is 36.2 Å². The number of oxime groups is 1. The number of thioether (sulfide) groups is 1. The van der Waals surface area contributed by atoms with Crippen molar-refractivity contribution >= 4 is 55.0 Å². The van der Waals surface area contributed by atoms with Crippen LogP contribution in [0.2, 0.25) is 0 Å². The molecule has 2 aliphatic carbocycles. The van der Waals surface area contributed by atoms with Crippen LogP contribution in [0.3, 0.4) is 0 Å². The molecule has 0 fully saturated rings. The molecule has 0 spiro atoms. The topological polar surface area (TPSA) is 180 Å². The van der Waals surface area contributed by atoms with Gasteiger partial charge < -0.3 is 21.6 Å². The molecule has 6 N–H and O–H groups in total. The summed E-state index contributed by atoms with van der Waals surface area (Å²) in [7, 11) is -2.93. The maximum atomic E-state index is 13.3. The third-order valence-corrected chi connectivity index (χ3v) is 6.97. The lowest BCUT2D eigenvalue weighted by Crippen LogP contribution is -2.31. The third kappa shape index (κ3) is 6.45. The van der Waals surface area contributed by atoms with E-state index in [-0.39, 0.29) is 22.0 Å². The Bertz CT molecular complexity index is 1330. The zero-order valence-corrected chi connectivity index (χ0v) is 20.8. The first-order valence-electron chi connectivity index (χ1n) is 9.43. The molecular formula is C19H19BrFN7O4S2. The fraction of sp³-hybridized carbons (Fsp3) is 0.158. The number of anilines is 1. The number of guanidine groups is 1. The fourth-order valence-electron chi connectivity index (χ4n) is 2.76. The molecule has 1 heterocycles. The van der Waals surface area contributed by atoms with Crippen LogP contribution in [0.4, 0.5) is 10.1 Å². The number of benzene rings is 2. The van der Waals surface area contributed by atoms with Crippen LogP contribution in [0.25, 0.3) is 11.1 Å². The number of amidine groups is 1. The molecule has 11 nitrogen and oxygen atoms in total. The molecule has 0 saturated carbocycles. The summed E-state index contributed by atoms with van der Waals surface area (Å²) in [6, 6.07) is 9.72. The molecule has 4 rings (SSSR count). The third-order valence-electron chi connectivity index (χ3n) is 4.23. The van der Waals surface area contributed by atoms with Gasteiger partial charge in [-0.1, -0.05) is 35.1 Å². The second-order valence-electron chi connectivity index (χ2n) is 6.76. The van der Waals surface area contributed by atoms with Crippen molar-refractivity contribution in [2.24, 2.45) is 10.9 Å². The zero-order valence-electron chi connectivity index (χ0n) is 17.5. The van der Waals surface area contributed by atoms with E-state index in [1.807, 2.05) is 18.2 Å². The summed E-state index contributed by atoms with van der Waals surface area (Å²) in [5.74, 6) is -0.0193. The van der Waals surface area contributed by atoms with Crippen molar-refractivity contribution in [3.05, 3.63) is 52.4 Å². The van der Waals surface area contributed by atoms with E-state index in [0.29, 0.717) is 27.9 Å². The number of aromatic nitrogens is 2. The molecule has 180 valence electrons. The Labute approximate surface area is 206 Å². The highest BCUT2D eigenvalue weighted by Gasteiger charge is 2.31. The molecule has 0 atom stereocenters. The van der Waals surface area contributed by atoms with Gasteiger partial charge in [-0.25, -0.2) is 17.4 Å². The normalized spacial score (nSPS) is 11.9. The highest BCUT2D eigenvalue weighted by atomic mass is 79.9.